The van der Waals surface area contributed by atoms with E-state index >= 15 is 0 Å². The maximum absolute atomic E-state index is 8.77. The third-order valence-electron chi connectivity index (χ3n) is 2.15. The Bertz CT molecular complexity index is 328. The van der Waals surface area contributed by atoms with Gasteiger partial charge in [-0.2, -0.15) is 0 Å². The number of aliphatic hydroxyl groups is 1. The van der Waals surface area contributed by atoms with Crippen molar-refractivity contribution in [1.29, 1.82) is 0 Å². The number of halogens is 2. The van der Waals surface area contributed by atoms with E-state index in [0.29, 0.717) is 16.5 Å². The zero-order valence-corrected chi connectivity index (χ0v) is 9.44. The minimum absolute atomic E-state index is 0.0703. The van der Waals surface area contributed by atoms with E-state index in [9.17, 15) is 0 Å². The Balaban J connectivity index is 3.02. The van der Waals surface area contributed by atoms with Gasteiger partial charge in [-0.3, -0.25) is 0 Å². The fraction of sp³-hybridized carbons (Fsp3) is 0.400. The van der Waals surface area contributed by atoms with Gasteiger partial charge in [0.2, 0.25) is 0 Å². The van der Waals surface area contributed by atoms with Gasteiger partial charge < -0.3 is 10.8 Å². The second-order valence-electron chi connectivity index (χ2n) is 3.24. The highest BCUT2D eigenvalue weighted by molar-refractivity contribution is 6.42. The lowest BCUT2D eigenvalue weighted by Gasteiger charge is -2.14. The molecule has 0 spiro atoms. The number of rotatable bonds is 3. The summed E-state index contributed by atoms with van der Waals surface area (Å²) in [6.07, 6.45) is 0.527. The highest BCUT2D eigenvalue weighted by Gasteiger charge is 2.10. The maximum Gasteiger partial charge on any atom is 0.0595 e. The quantitative estimate of drug-likeness (QED) is 0.844. The largest absolute Gasteiger partial charge is 0.396 e. The first-order chi connectivity index (χ1) is 6.56. The molecule has 0 heterocycles. The fourth-order valence-electron chi connectivity index (χ4n) is 1.36. The Morgan fingerprint density at radius 1 is 1.36 bits per heavy atom. The van der Waals surface area contributed by atoms with Gasteiger partial charge in [-0.05, 0) is 36.6 Å². The van der Waals surface area contributed by atoms with E-state index in [4.69, 9.17) is 34.0 Å². The van der Waals surface area contributed by atoms with Crippen LogP contribution in [0.15, 0.2) is 12.1 Å². The SMILES string of the molecule is Cc1cc(Cl)c(Cl)cc1C(N)CCO. The van der Waals surface area contributed by atoms with E-state index in [1.54, 1.807) is 12.1 Å². The maximum atomic E-state index is 8.77. The van der Waals surface area contributed by atoms with Crippen molar-refractivity contribution in [3.63, 3.8) is 0 Å². The van der Waals surface area contributed by atoms with Crippen molar-refractivity contribution < 1.29 is 5.11 Å². The van der Waals surface area contributed by atoms with E-state index in [2.05, 4.69) is 0 Å². The van der Waals surface area contributed by atoms with Crippen molar-refractivity contribution in [3.8, 4) is 0 Å². The smallest absolute Gasteiger partial charge is 0.0595 e. The molecule has 0 aliphatic heterocycles. The Morgan fingerprint density at radius 3 is 2.50 bits per heavy atom. The average molecular weight is 234 g/mol. The van der Waals surface area contributed by atoms with Crippen LogP contribution in [0.3, 0.4) is 0 Å². The molecule has 0 aliphatic carbocycles. The summed E-state index contributed by atoms with van der Waals surface area (Å²) in [7, 11) is 0. The minimum Gasteiger partial charge on any atom is -0.396 e. The number of benzene rings is 1. The third kappa shape index (κ3) is 2.61. The molecule has 1 unspecified atom stereocenters. The molecule has 0 saturated heterocycles. The van der Waals surface area contributed by atoms with Crippen LogP contribution in [-0.4, -0.2) is 11.7 Å². The molecule has 2 nitrogen and oxygen atoms in total. The molecule has 1 rings (SSSR count). The molecule has 0 aromatic heterocycles. The highest BCUT2D eigenvalue weighted by atomic mass is 35.5. The van der Waals surface area contributed by atoms with Crippen molar-refractivity contribution in [3.05, 3.63) is 33.3 Å². The predicted octanol–water partition coefficient (Wildman–Crippen LogP) is 2.68. The normalized spacial score (nSPS) is 12.9. The van der Waals surface area contributed by atoms with Gasteiger partial charge in [-0.25, -0.2) is 0 Å². The summed E-state index contributed by atoms with van der Waals surface area (Å²) in [6.45, 7) is 2.00. The van der Waals surface area contributed by atoms with Crippen molar-refractivity contribution in [1.82, 2.24) is 0 Å². The second-order valence-corrected chi connectivity index (χ2v) is 4.06. The van der Waals surface area contributed by atoms with Crippen LogP contribution < -0.4 is 5.73 Å². The molecule has 0 aliphatic rings. The minimum atomic E-state index is -0.185. The van der Waals surface area contributed by atoms with E-state index in [1.165, 1.54) is 0 Å². The number of aliphatic hydroxyl groups excluding tert-OH is 1. The van der Waals surface area contributed by atoms with Crippen molar-refractivity contribution >= 4 is 23.2 Å². The van der Waals surface area contributed by atoms with Crippen molar-refractivity contribution in [2.24, 2.45) is 5.73 Å². The van der Waals surface area contributed by atoms with E-state index in [0.717, 1.165) is 11.1 Å². The summed E-state index contributed by atoms with van der Waals surface area (Å²) in [4.78, 5) is 0. The van der Waals surface area contributed by atoms with Crippen LogP contribution in [0.2, 0.25) is 10.0 Å². The molecule has 0 amide bonds. The summed E-state index contributed by atoms with van der Waals surface area (Å²) in [5.41, 5.74) is 7.80. The number of nitrogens with two attached hydrogens (primary N) is 1. The summed E-state index contributed by atoms with van der Waals surface area (Å²) >= 11 is 11.7. The number of aryl methyl sites for hydroxylation is 1. The predicted molar refractivity (Wildman–Crippen MR) is 59.8 cm³/mol. The summed E-state index contributed by atoms with van der Waals surface area (Å²) in [6, 6.07) is 3.37. The third-order valence-corrected chi connectivity index (χ3v) is 2.87. The standard InChI is InChI=1S/C10H13Cl2NO/c1-6-4-8(11)9(12)5-7(6)10(13)2-3-14/h4-5,10,14H,2-3,13H2,1H3. The molecule has 0 bridgehead atoms. The van der Waals surface area contributed by atoms with Gasteiger partial charge in [0.15, 0.2) is 0 Å². The monoisotopic (exact) mass is 233 g/mol. The van der Waals surface area contributed by atoms with Gasteiger partial charge in [0.1, 0.15) is 0 Å². The molecule has 1 aromatic rings. The second kappa shape index (κ2) is 4.99. The van der Waals surface area contributed by atoms with Gasteiger partial charge in [0.05, 0.1) is 10.0 Å². The lowest BCUT2D eigenvalue weighted by Crippen LogP contribution is -2.13. The Hall–Kier alpha value is -0.280. The molecule has 1 aromatic carbocycles. The first kappa shape index (κ1) is 11.8. The molecule has 1 atom stereocenters. The number of hydrogen-bond donors (Lipinski definition) is 2. The Morgan fingerprint density at radius 2 is 1.93 bits per heavy atom. The topological polar surface area (TPSA) is 46.2 Å². The van der Waals surface area contributed by atoms with Crippen LogP contribution in [0.4, 0.5) is 0 Å². The molecule has 0 saturated carbocycles. The highest BCUT2D eigenvalue weighted by Crippen LogP contribution is 2.28. The van der Waals surface area contributed by atoms with Crippen LogP contribution in [0.1, 0.15) is 23.6 Å². The first-order valence-corrected chi connectivity index (χ1v) is 5.14. The summed E-state index contributed by atoms with van der Waals surface area (Å²) in [5, 5.41) is 9.81. The van der Waals surface area contributed by atoms with Gasteiger partial charge in [0, 0.05) is 12.6 Å². The molecular formula is C10H13Cl2NO. The van der Waals surface area contributed by atoms with Crippen LogP contribution in [-0.2, 0) is 0 Å². The van der Waals surface area contributed by atoms with Crippen molar-refractivity contribution in [2.45, 2.75) is 19.4 Å². The zero-order chi connectivity index (χ0) is 10.7. The Labute approximate surface area is 93.6 Å². The van der Waals surface area contributed by atoms with Crippen LogP contribution in [0.25, 0.3) is 0 Å². The summed E-state index contributed by atoms with van der Waals surface area (Å²) < 4.78 is 0. The van der Waals surface area contributed by atoms with Crippen LogP contribution in [0, 0.1) is 6.92 Å². The Kier molecular flexibility index (Phi) is 4.20. The first-order valence-electron chi connectivity index (χ1n) is 4.38. The molecule has 14 heavy (non-hydrogen) atoms. The van der Waals surface area contributed by atoms with Crippen LogP contribution in [0.5, 0.6) is 0 Å². The molecule has 0 radical (unpaired) electrons. The van der Waals surface area contributed by atoms with Crippen LogP contribution >= 0.6 is 23.2 Å². The van der Waals surface area contributed by atoms with Gasteiger partial charge in [0.25, 0.3) is 0 Å². The molecule has 3 N–H and O–H groups in total. The van der Waals surface area contributed by atoms with Crippen molar-refractivity contribution in [2.75, 3.05) is 6.61 Å². The van der Waals surface area contributed by atoms with E-state index in [1.807, 2.05) is 6.92 Å². The summed E-state index contributed by atoms with van der Waals surface area (Å²) in [5.74, 6) is 0. The lowest BCUT2D eigenvalue weighted by molar-refractivity contribution is 0.276. The molecule has 0 fully saturated rings. The molecule has 4 heteroatoms. The molecular weight excluding hydrogens is 221 g/mol. The van der Waals surface area contributed by atoms with E-state index < -0.39 is 0 Å². The van der Waals surface area contributed by atoms with E-state index in [-0.39, 0.29) is 12.6 Å². The van der Waals surface area contributed by atoms with Gasteiger partial charge in [-0.1, -0.05) is 23.2 Å². The zero-order valence-electron chi connectivity index (χ0n) is 7.93. The lowest BCUT2D eigenvalue weighted by atomic mass is 10.00. The van der Waals surface area contributed by atoms with Gasteiger partial charge in [-0.15, -0.1) is 0 Å². The average Bonchev–Trinajstić information content (AvgIpc) is 2.11. The fourth-order valence-corrected chi connectivity index (χ4v) is 1.75. The van der Waals surface area contributed by atoms with Gasteiger partial charge >= 0.3 is 0 Å². The number of hydrogen-bond acceptors (Lipinski definition) is 2. The molecule has 78 valence electrons.